The molecule has 0 aliphatic carbocycles. The highest BCUT2D eigenvalue weighted by atomic mass is 16.2. The molecule has 2 heteroatoms. The molecule has 0 saturated carbocycles. The molecule has 1 amide bonds. The van der Waals surface area contributed by atoms with Crippen LogP contribution in [0.1, 0.15) is 46.5 Å². The van der Waals surface area contributed by atoms with Crippen molar-refractivity contribution in [2.24, 2.45) is 0 Å². The maximum atomic E-state index is 11.4. The molecule has 0 unspecified atom stereocenters. The van der Waals surface area contributed by atoms with Crippen LogP contribution in [0.2, 0.25) is 0 Å². The van der Waals surface area contributed by atoms with Crippen molar-refractivity contribution in [3.8, 4) is 0 Å². The van der Waals surface area contributed by atoms with Crippen molar-refractivity contribution in [3.63, 3.8) is 0 Å². The van der Waals surface area contributed by atoms with Crippen LogP contribution in [0.3, 0.4) is 0 Å². The first-order chi connectivity index (χ1) is 6.84. The molecule has 0 aromatic rings. The van der Waals surface area contributed by atoms with Gasteiger partial charge >= 0.3 is 0 Å². The second kappa shape index (κ2) is 8.79. The van der Waals surface area contributed by atoms with E-state index in [1.165, 1.54) is 12.8 Å². The predicted molar refractivity (Wildman–Crippen MR) is 61.2 cm³/mol. The molecule has 1 heterocycles. The lowest BCUT2D eigenvalue weighted by atomic mass is 10.2. The Bertz CT molecular complexity index is 169. The molecule has 2 nitrogen and oxygen atoms in total. The average molecular weight is 197 g/mol. The first kappa shape index (κ1) is 13.2. The zero-order valence-electron chi connectivity index (χ0n) is 9.75. The zero-order chi connectivity index (χ0) is 10.8. The Hall–Kier alpha value is -0.790. The Morgan fingerprint density at radius 3 is 2.36 bits per heavy atom. The van der Waals surface area contributed by atoms with E-state index in [9.17, 15) is 4.79 Å². The SMILES string of the molecule is C/C=C\CCC(=O)N1CCCC1.CC. The normalized spacial score (nSPS) is 15.5. The number of likely N-dealkylation sites (tertiary alicyclic amines) is 1. The summed E-state index contributed by atoms with van der Waals surface area (Å²) in [6, 6.07) is 0. The summed E-state index contributed by atoms with van der Waals surface area (Å²) in [7, 11) is 0. The van der Waals surface area contributed by atoms with Gasteiger partial charge in [-0.15, -0.1) is 0 Å². The van der Waals surface area contributed by atoms with Crippen molar-refractivity contribution in [2.75, 3.05) is 13.1 Å². The Morgan fingerprint density at radius 1 is 1.29 bits per heavy atom. The minimum absolute atomic E-state index is 0.325. The number of carbonyl (C=O) groups is 1. The first-order valence-electron chi connectivity index (χ1n) is 5.73. The minimum atomic E-state index is 0.325. The Kier molecular flexibility index (Phi) is 8.30. The zero-order valence-corrected chi connectivity index (χ0v) is 9.75. The molecular weight excluding hydrogens is 174 g/mol. The van der Waals surface area contributed by atoms with Gasteiger partial charge in [0, 0.05) is 19.5 Å². The molecule has 1 rings (SSSR count). The fraction of sp³-hybridized carbons (Fsp3) is 0.750. The van der Waals surface area contributed by atoms with Crippen molar-refractivity contribution >= 4 is 5.91 Å². The highest BCUT2D eigenvalue weighted by molar-refractivity contribution is 5.76. The second-order valence-electron chi connectivity index (χ2n) is 3.20. The van der Waals surface area contributed by atoms with Gasteiger partial charge in [0.15, 0.2) is 0 Å². The van der Waals surface area contributed by atoms with Crippen LogP contribution < -0.4 is 0 Å². The monoisotopic (exact) mass is 197 g/mol. The van der Waals surface area contributed by atoms with Crippen LogP contribution in [0, 0.1) is 0 Å². The maximum Gasteiger partial charge on any atom is 0.222 e. The molecule has 0 N–H and O–H groups in total. The van der Waals surface area contributed by atoms with E-state index in [0.717, 1.165) is 19.5 Å². The molecular formula is C12H23NO. The van der Waals surface area contributed by atoms with Crippen LogP contribution in [0.25, 0.3) is 0 Å². The summed E-state index contributed by atoms with van der Waals surface area (Å²) >= 11 is 0. The van der Waals surface area contributed by atoms with Gasteiger partial charge in [0.05, 0.1) is 0 Å². The second-order valence-corrected chi connectivity index (χ2v) is 3.20. The molecule has 1 fully saturated rings. The van der Waals surface area contributed by atoms with E-state index in [0.29, 0.717) is 12.3 Å². The third-order valence-corrected chi connectivity index (χ3v) is 2.22. The predicted octanol–water partition coefficient (Wildman–Crippen LogP) is 2.99. The molecule has 14 heavy (non-hydrogen) atoms. The number of amides is 1. The maximum absolute atomic E-state index is 11.4. The summed E-state index contributed by atoms with van der Waals surface area (Å²) in [5.41, 5.74) is 0. The summed E-state index contributed by atoms with van der Waals surface area (Å²) in [4.78, 5) is 13.4. The number of hydrogen-bond acceptors (Lipinski definition) is 1. The molecule has 1 aliphatic rings. The van der Waals surface area contributed by atoms with Gasteiger partial charge in [-0.25, -0.2) is 0 Å². The lowest BCUT2D eigenvalue weighted by Crippen LogP contribution is -2.26. The van der Waals surface area contributed by atoms with Crippen LogP contribution in [0.15, 0.2) is 12.2 Å². The van der Waals surface area contributed by atoms with E-state index in [-0.39, 0.29) is 0 Å². The molecule has 0 bridgehead atoms. The van der Waals surface area contributed by atoms with Crippen molar-refractivity contribution in [2.45, 2.75) is 46.5 Å². The summed E-state index contributed by atoms with van der Waals surface area (Å²) in [5.74, 6) is 0.325. The Morgan fingerprint density at radius 2 is 1.86 bits per heavy atom. The molecule has 0 atom stereocenters. The largest absolute Gasteiger partial charge is 0.343 e. The minimum Gasteiger partial charge on any atom is -0.343 e. The van der Waals surface area contributed by atoms with E-state index in [2.05, 4.69) is 0 Å². The van der Waals surface area contributed by atoms with Gasteiger partial charge < -0.3 is 4.90 Å². The summed E-state index contributed by atoms with van der Waals surface area (Å²) in [6.07, 6.45) is 8.01. The highest BCUT2D eigenvalue weighted by Crippen LogP contribution is 2.09. The van der Waals surface area contributed by atoms with Gasteiger partial charge in [-0.1, -0.05) is 26.0 Å². The Labute approximate surface area is 88.0 Å². The van der Waals surface area contributed by atoms with E-state index >= 15 is 0 Å². The van der Waals surface area contributed by atoms with Gasteiger partial charge in [0.25, 0.3) is 0 Å². The quantitative estimate of drug-likeness (QED) is 0.637. The van der Waals surface area contributed by atoms with Gasteiger partial charge in [0.2, 0.25) is 5.91 Å². The topological polar surface area (TPSA) is 20.3 Å². The number of nitrogens with zero attached hydrogens (tertiary/aromatic N) is 1. The summed E-state index contributed by atoms with van der Waals surface area (Å²) in [5, 5.41) is 0. The molecule has 0 aromatic carbocycles. The number of carbonyl (C=O) groups excluding carboxylic acids is 1. The van der Waals surface area contributed by atoms with E-state index in [4.69, 9.17) is 0 Å². The smallest absolute Gasteiger partial charge is 0.222 e. The van der Waals surface area contributed by atoms with Crippen LogP contribution in [0.5, 0.6) is 0 Å². The number of hydrogen-bond donors (Lipinski definition) is 0. The molecule has 0 spiro atoms. The van der Waals surface area contributed by atoms with Crippen molar-refractivity contribution in [3.05, 3.63) is 12.2 Å². The van der Waals surface area contributed by atoms with Crippen LogP contribution in [-0.2, 0) is 4.79 Å². The fourth-order valence-electron chi connectivity index (χ4n) is 1.50. The van der Waals surface area contributed by atoms with Crippen molar-refractivity contribution in [1.82, 2.24) is 4.90 Å². The lowest BCUT2D eigenvalue weighted by Gasteiger charge is -2.13. The van der Waals surface area contributed by atoms with Gasteiger partial charge in [-0.05, 0) is 26.2 Å². The first-order valence-corrected chi connectivity index (χ1v) is 5.73. The van der Waals surface area contributed by atoms with Crippen LogP contribution in [0.4, 0.5) is 0 Å². The van der Waals surface area contributed by atoms with Gasteiger partial charge in [0.1, 0.15) is 0 Å². The highest BCUT2D eigenvalue weighted by Gasteiger charge is 2.16. The standard InChI is InChI=1S/C10H17NO.C2H6/c1-2-3-4-7-10(12)11-8-5-6-9-11;1-2/h2-3H,4-9H2,1H3;1-2H3/b3-2-;. The number of allylic oxidation sites excluding steroid dienone is 2. The molecule has 0 radical (unpaired) electrons. The molecule has 0 aromatic heterocycles. The van der Waals surface area contributed by atoms with Crippen LogP contribution in [-0.4, -0.2) is 23.9 Å². The lowest BCUT2D eigenvalue weighted by molar-refractivity contribution is -0.130. The third-order valence-electron chi connectivity index (χ3n) is 2.22. The average Bonchev–Trinajstić information content (AvgIpc) is 2.74. The van der Waals surface area contributed by atoms with Crippen LogP contribution >= 0.6 is 0 Å². The van der Waals surface area contributed by atoms with Crippen molar-refractivity contribution in [1.29, 1.82) is 0 Å². The fourth-order valence-corrected chi connectivity index (χ4v) is 1.50. The Balaban J connectivity index is 0.000000791. The van der Waals surface area contributed by atoms with Crippen molar-refractivity contribution < 1.29 is 4.79 Å². The molecule has 82 valence electrons. The van der Waals surface area contributed by atoms with E-state index in [1.54, 1.807) is 0 Å². The van der Waals surface area contributed by atoms with E-state index in [1.807, 2.05) is 37.8 Å². The van der Waals surface area contributed by atoms with E-state index < -0.39 is 0 Å². The summed E-state index contributed by atoms with van der Waals surface area (Å²) in [6.45, 7) is 7.95. The summed E-state index contributed by atoms with van der Waals surface area (Å²) < 4.78 is 0. The number of rotatable bonds is 3. The van der Waals surface area contributed by atoms with Gasteiger partial charge in [-0.3, -0.25) is 4.79 Å². The van der Waals surface area contributed by atoms with Gasteiger partial charge in [-0.2, -0.15) is 0 Å². The molecule has 1 aliphatic heterocycles. The third kappa shape index (κ3) is 5.05. The molecule has 1 saturated heterocycles.